The molecule has 1 N–H and O–H groups in total. The largest absolute Gasteiger partial charge is 0.338 e. The van der Waals surface area contributed by atoms with E-state index in [2.05, 4.69) is 5.32 Å². The molecule has 0 aromatic carbocycles. The van der Waals surface area contributed by atoms with E-state index in [4.69, 9.17) is 0 Å². The number of carbonyl (C=O) groups excluding carboxylic acids is 4. The monoisotopic (exact) mass is 541 g/mol. The van der Waals surface area contributed by atoms with E-state index in [1.807, 2.05) is 13.8 Å². The van der Waals surface area contributed by atoms with Crippen LogP contribution in [0, 0.1) is 0 Å². The number of hydrogen-bond acceptors (Lipinski definition) is 7. The Morgan fingerprint density at radius 3 is 1.24 bits per heavy atom. The zero-order valence-electron chi connectivity index (χ0n) is 23.9. The standard InChI is InChI=1S/C9H15N3O3.C9H18N2O2.C6H10N2O2/c1-4-10-7(13)11(5-2)9(15)12(6-3)8(10)14;1-4-7-8(12)11(6-3)9(13)10-5-2;1-3-7-5(9)8(4-2)6(7)10/h4-6H2,1-3H3;4-7H2,1-3H3,(H,10,13);3-4H2,1-2H3. The molecule has 1 aliphatic rings. The first-order valence-electron chi connectivity index (χ1n) is 13.1. The lowest BCUT2D eigenvalue weighted by Gasteiger charge is -2.37. The quantitative estimate of drug-likeness (QED) is 0.496. The van der Waals surface area contributed by atoms with Gasteiger partial charge in [-0.1, -0.05) is 6.92 Å². The molecule has 216 valence electrons. The van der Waals surface area contributed by atoms with Crippen molar-refractivity contribution < 1.29 is 19.2 Å². The van der Waals surface area contributed by atoms with Gasteiger partial charge in [0, 0.05) is 52.2 Å². The van der Waals surface area contributed by atoms with Gasteiger partial charge >= 0.3 is 35.2 Å². The Balaban J connectivity index is 0.000000551. The van der Waals surface area contributed by atoms with Crippen LogP contribution >= 0.6 is 0 Å². The van der Waals surface area contributed by atoms with Gasteiger partial charge in [0.05, 0.1) is 0 Å². The smallest absolute Gasteiger partial charge is 0.336 e. The van der Waals surface area contributed by atoms with Crippen molar-refractivity contribution in [3.05, 3.63) is 31.5 Å². The Labute approximate surface area is 222 Å². The lowest BCUT2D eigenvalue weighted by atomic mass is 10.3. The highest BCUT2D eigenvalue weighted by Crippen LogP contribution is 2.14. The average Bonchev–Trinajstić information content (AvgIpc) is 2.87. The van der Waals surface area contributed by atoms with E-state index < -0.39 is 17.1 Å². The number of hydrogen-bond donors (Lipinski definition) is 1. The van der Waals surface area contributed by atoms with Crippen LogP contribution in [0.1, 0.15) is 68.2 Å². The lowest BCUT2D eigenvalue weighted by Crippen LogP contribution is -2.63. The van der Waals surface area contributed by atoms with Crippen LogP contribution in [0.5, 0.6) is 0 Å². The number of nitrogens with one attached hydrogen (secondary N) is 1. The maximum Gasteiger partial charge on any atom is 0.336 e. The molecule has 0 radical (unpaired) electrons. The van der Waals surface area contributed by atoms with Crippen LogP contribution in [0.4, 0.5) is 14.4 Å². The number of amides is 7. The maximum absolute atomic E-state index is 11.7. The first-order chi connectivity index (χ1) is 18.0. The number of carbonyl (C=O) groups is 4. The molecule has 2 heterocycles. The molecule has 0 bridgehead atoms. The fourth-order valence-corrected chi connectivity index (χ4v) is 3.47. The fraction of sp³-hybridized carbons (Fsp3) is 0.708. The summed E-state index contributed by atoms with van der Waals surface area (Å²) >= 11 is 0. The molecule has 2 rings (SSSR count). The number of nitrogens with zero attached hydrogens (tertiary/aromatic N) is 6. The summed E-state index contributed by atoms with van der Waals surface area (Å²) < 4.78 is 3.19. The molecule has 7 amide bonds. The van der Waals surface area contributed by atoms with Crippen molar-refractivity contribution in [2.45, 2.75) is 87.9 Å². The Morgan fingerprint density at radius 1 is 0.632 bits per heavy atom. The molecular weight excluding hydrogens is 498 g/mol. The van der Waals surface area contributed by atoms with Crippen molar-refractivity contribution in [2.24, 2.45) is 0 Å². The molecule has 14 heteroatoms. The van der Waals surface area contributed by atoms with Crippen LogP contribution in [0.2, 0.25) is 0 Å². The van der Waals surface area contributed by atoms with Gasteiger partial charge in [0.2, 0.25) is 5.91 Å². The second-order valence-electron chi connectivity index (χ2n) is 7.86. The predicted molar refractivity (Wildman–Crippen MR) is 143 cm³/mol. The van der Waals surface area contributed by atoms with Gasteiger partial charge in [0.1, 0.15) is 0 Å². The minimum Gasteiger partial charge on any atom is -0.338 e. The number of urea groups is 3. The third-order valence-corrected chi connectivity index (χ3v) is 5.54. The van der Waals surface area contributed by atoms with Crippen LogP contribution in [0.15, 0.2) is 14.4 Å². The van der Waals surface area contributed by atoms with Gasteiger partial charge in [-0.25, -0.2) is 52.3 Å². The van der Waals surface area contributed by atoms with Gasteiger partial charge in [-0.3, -0.25) is 9.69 Å². The molecule has 38 heavy (non-hydrogen) atoms. The van der Waals surface area contributed by atoms with Crippen LogP contribution in [-0.4, -0.2) is 78.6 Å². The molecular formula is C24H43N7O7. The van der Waals surface area contributed by atoms with Crippen LogP contribution in [0.25, 0.3) is 0 Å². The van der Waals surface area contributed by atoms with Gasteiger partial charge in [0.15, 0.2) is 0 Å². The third kappa shape index (κ3) is 8.15. The van der Waals surface area contributed by atoms with Crippen LogP contribution in [0.3, 0.4) is 0 Å². The minimum atomic E-state index is -0.528. The topological polar surface area (TPSA) is 156 Å². The van der Waals surface area contributed by atoms with Crippen molar-refractivity contribution >= 4 is 24.0 Å². The van der Waals surface area contributed by atoms with Crippen LogP contribution < -0.4 is 22.4 Å². The average molecular weight is 542 g/mol. The van der Waals surface area contributed by atoms with Crippen molar-refractivity contribution in [2.75, 3.05) is 26.2 Å². The molecule has 0 spiro atoms. The highest BCUT2D eigenvalue weighted by Gasteiger charge is 2.40. The molecule has 1 fully saturated rings. The van der Waals surface area contributed by atoms with Crippen molar-refractivity contribution in [3.8, 4) is 0 Å². The van der Waals surface area contributed by atoms with Gasteiger partial charge in [0.25, 0.3) is 0 Å². The molecule has 14 nitrogen and oxygen atoms in total. The number of rotatable bonds is 9. The summed E-state index contributed by atoms with van der Waals surface area (Å²) in [6.45, 7) is 17.0. The van der Waals surface area contributed by atoms with Crippen molar-refractivity contribution in [1.29, 1.82) is 0 Å². The summed E-state index contributed by atoms with van der Waals surface area (Å²) in [5.74, 6) is -0.101. The van der Waals surface area contributed by atoms with Crippen LogP contribution in [-0.2, 0) is 24.4 Å². The Hall–Kier alpha value is -3.71. The van der Waals surface area contributed by atoms with E-state index in [1.165, 1.54) is 14.7 Å². The maximum atomic E-state index is 11.7. The van der Waals surface area contributed by atoms with Gasteiger partial charge in [-0.2, -0.15) is 0 Å². The van der Waals surface area contributed by atoms with Crippen molar-refractivity contribution in [1.82, 2.24) is 33.7 Å². The van der Waals surface area contributed by atoms with Crippen molar-refractivity contribution in [3.63, 3.8) is 0 Å². The molecule has 0 atom stereocenters. The zero-order valence-corrected chi connectivity index (χ0v) is 23.9. The summed E-state index contributed by atoms with van der Waals surface area (Å²) in [7, 11) is 0. The second kappa shape index (κ2) is 16.9. The zero-order chi connectivity index (χ0) is 29.6. The molecule has 1 aliphatic heterocycles. The van der Waals surface area contributed by atoms with Gasteiger partial charge < -0.3 is 5.32 Å². The third-order valence-electron chi connectivity index (χ3n) is 5.54. The minimum absolute atomic E-state index is 0.101. The SMILES string of the molecule is CCCC(=O)N(CC)C(=O)NCC.CCN1C(=O)N(CC)C1=O.CCn1c(=O)n(CC)c(=O)n(CC)c1=O. The second-order valence-corrected chi connectivity index (χ2v) is 7.86. The molecule has 1 aromatic heterocycles. The van der Waals surface area contributed by atoms with E-state index in [0.29, 0.717) is 32.6 Å². The predicted octanol–water partition coefficient (Wildman–Crippen LogP) is 1.48. The molecule has 0 saturated carbocycles. The van der Waals surface area contributed by atoms with Gasteiger partial charge in [-0.15, -0.1) is 0 Å². The first-order valence-corrected chi connectivity index (χ1v) is 13.1. The fourth-order valence-electron chi connectivity index (χ4n) is 3.47. The molecule has 0 unspecified atom stereocenters. The lowest BCUT2D eigenvalue weighted by molar-refractivity contribution is -0.128. The summed E-state index contributed by atoms with van der Waals surface area (Å²) in [6, 6.07) is -0.631. The number of aromatic nitrogens is 3. The van der Waals surface area contributed by atoms with E-state index >= 15 is 0 Å². The van der Waals surface area contributed by atoms with Gasteiger partial charge in [-0.05, 0) is 54.9 Å². The summed E-state index contributed by atoms with van der Waals surface area (Å²) in [5.41, 5.74) is -1.58. The highest BCUT2D eigenvalue weighted by atomic mass is 16.2. The Bertz CT molecular complexity index is 980. The van der Waals surface area contributed by atoms with E-state index in [0.717, 1.165) is 20.1 Å². The highest BCUT2D eigenvalue weighted by molar-refractivity contribution is 6.11. The Morgan fingerprint density at radius 2 is 1.00 bits per heavy atom. The molecule has 0 aliphatic carbocycles. The van der Waals surface area contributed by atoms with E-state index in [1.54, 1.807) is 41.5 Å². The Kier molecular flexibility index (Phi) is 15.3. The molecule has 1 saturated heterocycles. The van der Waals surface area contributed by atoms with E-state index in [-0.39, 0.29) is 43.6 Å². The number of imide groups is 3. The first kappa shape index (κ1) is 34.3. The summed E-state index contributed by atoms with van der Waals surface area (Å²) in [5, 5.41) is 2.60. The normalized spacial score (nSPS) is 12.1. The summed E-state index contributed by atoms with van der Waals surface area (Å²) in [6.07, 6.45) is 1.21. The molecule has 1 aromatic rings. The van der Waals surface area contributed by atoms with E-state index in [9.17, 15) is 33.6 Å². The summed E-state index contributed by atoms with van der Waals surface area (Å²) in [4.78, 5) is 83.0.